The number of nitrogens with one attached hydrogen (secondary N) is 2. The van der Waals surface area contributed by atoms with E-state index in [9.17, 15) is 4.79 Å². The predicted molar refractivity (Wildman–Crippen MR) is 84.6 cm³/mol. The lowest BCUT2D eigenvalue weighted by molar-refractivity contribution is -0.132. The monoisotopic (exact) mass is 312 g/mol. The first-order valence-electron chi connectivity index (χ1n) is 7.52. The minimum Gasteiger partial charge on any atom is -0.378 e. The Morgan fingerprint density at radius 3 is 3.19 bits per heavy atom. The maximum absolute atomic E-state index is 12.1. The van der Waals surface area contributed by atoms with Crippen LogP contribution in [0, 0.1) is 0 Å². The van der Waals surface area contributed by atoms with Gasteiger partial charge in [0.2, 0.25) is 5.91 Å². The highest BCUT2D eigenvalue weighted by Gasteiger charge is 2.29. The summed E-state index contributed by atoms with van der Waals surface area (Å²) in [6.45, 7) is 8.31. The fourth-order valence-electron chi connectivity index (χ4n) is 2.26. The summed E-state index contributed by atoms with van der Waals surface area (Å²) in [6.07, 6.45) is 2.98. The molecule has 1 aromatic rings. The van der Waals surface area contributed by atoms with Gasteiger partial charge in [0.1, 0.15) is 6.04 Å². The van der Waals surface area contributed by atoms with Crippen LogP contribution in [0.25, 0.3) is 0 Å². The molecule has 0 spiro atoms. The zero-order chi connectivity index (χ0) is 15.1. The SMILES string of the molecule is CCCNc1ncc(CN2CCOCC2C(=O)NCC)s1. The summed E-state index contributed by atoms with van der Waals surface area (Å²) in [5.41, 5.74) is 0. The van der Waals surface area contributed by atoms with Crippen LogP contribution in [0.3, 0.4) is 0 Å². The van der Waals surface area contributed by atoms with Gasteiger partial charge >= 0.3 is 0 Å². The number of amides is 1. The van der Waals surface area contributed by atoms with Gasteiger partial charge in [-0.25, -0.2) is 4.98 Å². The van der Waals surface area contributed by atoms with Crippen LogP contribution in [-0.2, 0) is 16.1 Å². The Labute approximate surface area is 129 Å². The number of anilines is 1. The Bertz CT molecular complexity index is 452. The van der Waals surface area contributed by atoms with Crippen molar-refractivity contribution in [2.24, 2.45) is 0 Å². The van der Waals surface area contributed by atoms with E-state index in [0.29, 0.717) is 19.8 Å². The quantitative estimate of drug-likeness (QED) is 0.794. The van der Waals surface area contributed by atoms with E-state index in [2.05, 4.69) is 27.4 Å². The largest absolute Gasteiger partial charge is 0.378 e. The molecule has 1 amide bonds. The van der Waals surface area contributed by atoms with Crippen LogP contribution in [0.15, 0.2) is 6.20 Å². The second-order valence-corrected chi connectivity index (χ2v) is 6.13. The van der Waals surface area contributed by atoms with E-state index in [0.717, 1.165) is 31.2 Å². The molecule has 2 N–H and O–H groups in total. The Kier molecular flexibility index (Phi) is 6.41. The lowest BCUT2D eigenvalue weighted by atomic mass is 10.2. The third kappa shape index (κ3) is 4.66. The van der Waals surface area contributed by atoms with Gasteiger partial charge in [-0.15, -0.1) is 11.3 Å². The molecule has 118 valence electrons. The summed E-state index contributed by atoms with van der Waals surface area (Å²) in [6, 6.07) is -0.201. The van der Waals surface area contributed by atoms with Gasteiger partial charge in [-0.2, -0.15) is 0 Å². The van der Waals surface area contributed by atoms with Crippen molar-refractivity contribution in [3.8, 4) is 0 Å². The van der Waals surface area contributed by atoms with E-state index in [1.54, 1.807) is 11.3 Å². The number of morpholine rings is 1. The fourth-order valence-corrected chi connectivity index (χ4v) is 3.12. The van der Waals surface area contributed by atoms with Crippen molar-refractivity contribution in [1.82, 2.24) is 15.2 Å². The Morgan fingerprint density at radius 1 is 1.57 bits per heavy atom. The Morgan fingerprint density at radius 2 is 2.43 bits per heavy atom. The molecule has 7 heteroatoms. The molecule has 0 bridgehead atoms. The summed E-state index contributed by atoms with van der Waals surface area (Å²) < 4.78 is 5.45. The molecule has 0 radical (unpaired) electrons. The number of nitrogens with zero attached hydrogens (tertiary/aromatic N) is 2. The summed E-state index contributed by atoms with van der Waals surface area (Å²) >= 11 is 1.66. The lowest BCUT2D eigenvalue weighted by Gasteiger charge is -2.33. The fraction of sp³-hybridized carbons (Fsp3) is 0.714. The van der Waals surface area contributed by atoms with Crippen molar-refractivity contribution < 1.29 is 9.53 Å². The number of carbonyl (C=O) groups is 1. The third-order valence-electron chi connectivity index (χ3n) is 3.33. The highest BCUT2D eigenvalue weighted by Crippen LogP contribution is 2.21. The van der Waals surface area contributed by atoms with Crippen LogP contribution in [0.2, 0.25) is 0 Å². The maximum atomic E-state index is 12.1. The van der Waals surface area contributed by atoms with E-state index in [4.69, 9.17) is 4.74 Å². The molecule has 1 atom stereocenters. The van der Waals surface area contributed by atoms with Gasteiger partial charge in [0.05, 0.1) is 13.2 Å². The molecule has 2 heterocycles. The van der Waals surface area contributed by atoms with E-state index in [1.807, 2.05) is 13.1 Å². The minimum atomic E-state index is -0.201. The molecule has 0 saturated carbocycles. The van der Waals surface area contributed by atoms with E-state index >= 15 is 0 Å². The van der Waals surface area contributed by atoms with E-state index in [1.165, 1.54) is 4.88 Å². The molecular weight excluding hydrogens is 288 g/mol. The van der Waals surface area contributed by atoms with Crippen molar-refractivity contribution >= 4 is 22.4 Å². The normalized spacial score (nSPS) is 19.4. The van der Waals surface area contributed by atoms with Crippen LogP contribution in [0.5, 0.6) is 0 Å². The van der Waals surface area contributed by atoms with Crippen molar-refractivity contribution in [2.45, 2.75) is 32.9 Å². The topological polar surface area (TPSA) is 66.5 Å². The summed E-state index contributed by atoms with van der Waals surface area (Å²) in [5.74, 6) is 0.0473. The Hall–Kier alpha value is -1.18. The van der Waals surface area contributed by atoms with E-state index in [-0.39, 0.29) is 11.9 Å². The molecule has 1 aliphatic heterocycles. The van der Waals surface area contributed by atoms with Gasteiger partial charge in [0.15, 0.2) is 5.13 Å². The van der Waals surface area contributed by atoms with Crippen LogP contribution in [0.1, 0.15) is 25.1 Å². The van der Waals surface area contributed by atoms with Gasteiger partial charge in [-0.1, -0.05) is 6.92 Å². The zero-order valence-electron chi connectivity index (χ0n) is 12.7. The zero-order valence-corrected chi connectivity index (χ0v) is 13.5. The third-order valence-corrected chi connectivity index (χ3v) is 4.27. The molecule has 1 aliphatic rings. The molecule has 0 aromatic carbocycles. The minimum absolute atomic E-state index is 0.0473. The van der Waals surface area contributed by atoms with Crippen molar-refractivity contribution in [3.63, 3.8) is 0 Å². The second-order valence-electron chi connectivity index (χ2n) is 5.01. The first-order chi connectivity index (χ1) is 10.2. The lowest BCUT2D eigenvalue weighted by Crippen LogP contribution is -2.53. The van der Waals surface area contributed by atoms with Crippen LogP contribution >= 0.6 is 11.3 Å². The molecule has 6 nitrogen and oxygen atoms in total. The molecule has 0 aliphatic carbocycles. The van der Waals surface area contributed by atoms with Crippen molar-refractivity contribution in [2.75, 3.05) is 38.2 Å². The molecule has 21 heavy (non-hydrogen) atoms. The highest BCUT2D eigenvalue weighted by atomic mass is 32.1. The van der Waals surface area contributed by atoms with Gasteiger partial charge in [-0.05, 0) is 13.3 Å². The predicted octanol–water partition coefficient (Wildman–Crippen LogP) is 1.30. The van der Waals surface area contributed by atoms with Gasteiger partial charge < -0.3 is 15.4 Å². The number of hydrogen-bond donors (Lipinski definition) is 2. The molecule has 1 fully saturated rings. The highest BCUT2D eigenvalue weighted by molar-refractivity contribution is 7.15. The number of thiazole rings is 1. The molecule has 1 saturated heterocycles. The second kappa shape index (κ2) is 8.31. The number of likely N-dealkylation sites (N-methyl/N-ethyl adjacent to an activating group) is 1. The number of ether oxygens (including phenoxy) is 1. The van der Waals surface area contributed by atoms with Gasteiger partial charge in [-0.3, -0.25) is 9.69 Å². The summed E-state index contributed by atoms with van der Waals surface area (Å²) in [5, 5.41) is 7.12. The van der Waals surface area contributed by atoms with Crippen molar-refractivity contribution in [1.29, 1.82) is 0 Å². The maximum Gasteiger partial charge on any atom is 0.239 e. The summed E-state index contributed by atoms with van der Waals surface area (Å²) in [7, 11) is 0. The van der Waals surface area contributed by atoms with Gasteiger partial charge in [0.25, 0.3) is 0 Å². The van der Waals surface area contributed by atoms with Gasteiger partial charge in [0, 0.05) is 37.3 Å². The molecule has 1 unspecified atom stereocenters. The van der Waals surface area contributed by atoms with Crippen LogP contribution in [-0.4, -0.2) is 54.7 Å². The number of rotatable bonds is 7. The van der Waals surface area contributed by atoms with Crippen molar-refractivity contribution in [3.05, 3.63) is 11.1 Å². The first-order valence-corrected chi connectivity index (χ1v) is 8.34. The van der Waals surface area contributed by atoms with Crippen LogP contribution < -0.4 is 10.6 Å². The standard InChI is InChI=1S/C14H24N4O2S/c1-3-5-16-14-17-8-11(21-14)9-18-6-7-20-10-12(18)13(19)15-4-2/h8,12H,3-7,9-10H2,1-2H3,(H,15,19)(H,16,17). The number of carbonyl (C=O) groups excluding carboxylic acids is 1. The number of aromatic nitrogens is 1. The molecular formula is C14H24N4O2S. The average Bonchev–Trinajstić information content (AvgIpc) is 2.93. The molecule has 1 aromatic heterocycles. The van der Waals surface area contributed by atoms with Crippen LogP contribution in [0.4, 0.5) is 5.13 Å². The van der Waals surface area contributed by atoms with E-state index < -0.39 is 0 Å². The average molecular weight is 312 g/mol. The first kappa shape index (κ1) is 16.2. The Balaban J connectivity index is 1.95. The summed E-state index contributed by atoms with van der Waals surface area (Å²) in [4.78, 5) is 19.8. The number of hydrogen-bond acceptors (Lipinski definition) is 6. The molecule has 2 rings (SSSR count). The smallest absolute Gasteiger partial charge is 0.239 e.